The van der Waals surface area contributed by atoms with E-state index in [0.29, 0.717) is 5.56 Å². The highest BCUT2D eigenvalue weighted by Crippen LogP contribution is 2.23. The van der Waals surface area contributed by atoms with Crippen molar-refractivity contribution >= 4 is 17.8 Å². The van der Waals surface area contributed by atoms with E-state index in [1.807, 2.05) is 0 Å². The summed E-state index contributed by atoms with van der Waals surface area (Å²) in [5.41, 5.74) is -0.973. The Labute approximate surface area is 259 Å². The predicted octanol–water partition coefficient (Wildman–Crippen LogP) is 1.03. The second kappa shape index (κ2) is 14.6. The molecule has 12 nitrogen and oxygen atoms in total. The first kappa shape index (κ1) is 34.2. The van der Waals surface area contributed by atoms with Crippen LogP contribution in [-0.2, 0) is 27.2 Å². The number of carbonyl (C=O) groups is 3. The number of hydrogen-bond acceptors (Lipinski definition) is 10. The summed E-state index contributed by atoms with van der Waals surface area (Å²) in [4.78, 5) is 46.6. The van der Waals surface area contributed by atoms with Gasteiger partial charge in [0.25, 0.3) is 11.9 Å². The molecule has 7 atom stereocenters. The van der Waals surface area contributed by atoms with Crippen LogP contribution in [0.2, 0.25) is 0 Å². The largest absolute Gasteiger partial charge is 0.505 e. The first-order valence-corrected chi connectivity index (χ1v) is 14.1. The van der Waals surface area contributed by atoms with Crippen LogP contribution >= 0.6 is 0 Å². The molecule has 0 aliphatic carbocycles. The summed E-state index contributed by atoms with van der Waals surface area (Å²) in [6, 6.07) is 6.31. The molecule has 2 unspecified atom stereocenters. The molecule has 0 spiro atoms. The Morgan fingerprint density at radius 1 is 0.978 bits per heavy atom. The molecule has 1 fully saturated rings. The lowest BCUT2D eigenvalue weighted by Crippen LogP contribution is -2.61. The standard InChI is InChI=1S/C30H31F4N5O7/c1-13-24(41)17(12-16-20(31)21(32)26(34)39-25(16)33)36-28(43)22(38-29(44)23-19(40)9-6-10-35-23)14(2)46-30(45)18(37-27(13)42)11-15-7-4-3-5-8-15/h3-10,13-14,17-18,22,24,27,37,40-42H,11-12H2,1-2H3,(H,36,43)(H,38,44)/t13-,14-,17+,18?,22+,24+,27?/m1/s1. The topological polar surface area (TPSA) is 183 Å². The lowest BCUT2D eigenvalue weighted by Gasteiger charge is -2.36. The van der Waals surface area contributed by atoms with Gasteiger partial charge in [-0.15, -0.1) is 0 Å². The monoisotopic (exact) mass is 649 g/mol. The van der Waals surface area contributed by atoms with Crippen LogP contribution in [0, 0.1) is 29.4 Å². The molecule has 46 heavy (non-hydrogen) atoms. The molecule has 3 heterocycles. The number of aromatic nitrogens is 2. The highest BCUT2D eigenvalue weighted by Gasteiger charge is 2.40. The van der Waals surface area contributed by atoms with E-state index in [1.54, 1.807) is 30.3 Å². The second-order valence-corrected chi connectivity index (χ2v) is 10.8. The molecule has 0 saturated carbocycles. The molecule has 2 amide bonds. The third-order valence-corrected chi connectivity index (χ3v) is 7.57. The summed E-state index contributed by atoms with van der Waals surface area (Å²) in [5, 5.41) is 39.6. The summed E-state index contributed by atoms with van der Waals surface area (Å²) < 4.78 is 62.3. The minimum atomic E-state index is -2.09. The molecule has 2 aromatic heterocycles. The Balaban J connectivity index is 1.74. The van der Waals surface area contributed by atoms with Gasteiger partial charge >= 0.3 is 5.97 Å². The van der Waals surface area contributed by atoms with Crippen molar-refractivity contribution < 1.29 is 52.0 Å². The number of esters is 1. The average molecular weight is 650 g/mol. The van der Waals surface area contributed by atoms with Crippen molar-refractivity contribution in [3.63, 3.8) is 0 Å². The van der Waals surface area contributed by atoms with Crippen molar-refractivity contribution in [1.29, 1.82) is 0 Å². The summed E-state index contributed by atoms with van der Waals surface area (Å²) in [6.07, 6.45) is -4.82. The fraction of sp³-hybridized carbons (Fsp3) is 0.367. The number of carbonyl (C=O) groups excluding carboxylic acids is 3. The fourth-order valence-corrected chi connectivity index (χ4v) is 4.92. The number of amides is 2. The van der Waals surface area contributed by atoms with Crippen LogP contribution in [0.3, 0.4) is 0 Å². The van der Waals surface area contributed by atoms with Gasteiger partial charge < -0.3 is 30.7 Å². The predicted molar refractivity (Wildman–Crippen MR) is 151 cm³/mol. The van der Waals surface area contributed by atoms with Gasteiger partial charge in [-0.2, -0.15) is 18.2 Å². The van der Waals surface area contributed by atoms with Crippen LogP contribution in [0.1, 0.15) is 35.5 Å². The maximum absolute atomic E-state index is 14.7. The molecule has 0 radical (unpaired) electrons. The number of aliphatic hydroxyl groups excluding tert-OH is 2. The van der Waals surface area contributed by atoms with Crippen LogP contribution in [-0.4, -0.2) is 79.6 Å². The number of hydrogen-bond donors (Lipinski definition) is 6. The van der Waals surface area contributed by atoms with Crippen LogP contribution in [0.15, 0.2) is 48.7 Å². The van der Waals surface area contributed by atoms with Crippen LogP contribution in [0.25, 0.3) is 0 Å². The van der Waals surface area contributed by atoms with Gasteiger partial charge in [0.15, 0.2) is 11.5 Å². The average Bonchev–Trinajstić information content (AvgIpc) is 3.02. The van der Waals surface area contributed by atoms with E-state index in [9.17, 15) is 47.3 Å². The van der Waals surface area contributed by atoms with E-state index in [0.717, 1.165) is 6.07 Å². The molecule has 1 aromatic carbocycles. The molecule has 16 heteroatoms. The zero-order chi connectivity index (χ0) is 33.7. The number of aromatic hydroxyl groups is 1. The minimum Gasteiger partial charge on any atom is -0.505 e. The summed E-state index contributed by atoms with van der Waals surface area (Å²) >= 11 is 0. The number of cyclic esters (lactones) is 1. The molecule has 3 aromatic rings. The Morgan fingerprint density at radius 2 is 1.67 bits per heavy atom. The Hall–Kier alpha value is -4.67. The maximum Gasteiger partial charge on any atom is 0.323 e. The quantitative estimate of drug-likeness (QED) is 0.128. The lowest BCUT2D eigenvalue weighted by atomic mass is 9.90. The van der Waals surface area contributed by atoms with Crippen molar-refractivity contribution in [1.82, 2.24) is 25.9 Å². The smallest absolute Gasteiger partial charge is 0.323 e. The van der Waals surface area contributed by atoms with Gasteiger partial charge in [-0.25, -0.2) is 9.37 Å². The van der Waals surface area contributed by atoms with Gasteiger partial charge in [-0.05, 0) is 31.0 Å². The number of ether oxygens (including phenoxy) is 1. The van der Waals surface area contributed by atoms with Gasteiger partial charge in [0, 0.05) is 24.1 Å². The molecule has 246 valence electrons. The van der Waals surface area contributed by atoms with E-state index in [1.165, 1.54) is 26.1 Å². The van der Waals surface area contributed by atoms with Crippen molar-refractivity contribution in [2.24, 2.45) is 5.92 Å². The van der Waals surface area contributed by atoms with Gasteiger partial charge in [0.1, 0.15) is 30.2 Å². The van der Waals surface area contributed by atoms with Gasteiger partial charge in [-0.1, -0.05) is 37.3 Å². The summed E-state index contributed by atoms with van der Waals surface area (Å²) in [6.45, 7) is 2.54. The third-order valence-electron chi connectivity index (χ3n) is 7.57. The van der Waals surface area contributed by atoms with E-state index in [2.05, 4.69) is 25.9 Å². The highest BCUT2D eigenvalue weighted by atomic mass is 19.2. The maximum atomic E-state index is 14.7. The van der Waals surface area contributed by atoms with Crippen LogP contribution in [0.5, 0.6) is 5.75 Å². The van der Waals surface area contributed by atoms with Crippen molar-refractivity contribution in [2.75, 3.05) is 0 Å². The Morgan fingerprint density at radius 3 is 2.35 bits per heavy atom. The van der Waals surface area contributed by atoms with E-state index in [-0.39, 0.29) is 6.42 Å². The molecule has 1 aliphatic heterocycles. The minimum absolute atomic E-state index is 0.0301. The number of nitrogens with zero attached hydrogens (tertiary/aromatic N) is 2. The number of halogens is 4. The molecule has 6 N–H and O–H groups in total. The van der Waals surface area contributed by atoms with Crippen molar-refractivity contribution in [3.05, 3.63) is 89.0 Å². The fourth-order valence-electron chi connectivity index (χ4n) is 4.92. The number of pyridine rings is 2. The first-order chi connectivity index (χ1) is 21.8. The highest BCUT2D eigenvalue weighted by molar-refractivity contribution is 5.98. The second-order valence-electron chi connectivity index (χ2n) is 10.8. The number of aliphatic hydroxyl groups is 2. The van der Waals surface area contributed by atoms with Crippen LogP contribution < -0.4 is 16.0 Å². The Bertz CT molecular complexity index is 1580. The molecule has 4 rings (SSSR count). The molecule has 1 aliphatic rings. The van der Waals surface area contributed by atoms with Crippen molar-refractivity contribution in [3.8, 4) is 5.75 Å². The molecular weight excluding hydrogens is 618 g/mol. The van der Waals surface area contributed by atoms with Gasteiger partial charge in [-0.3, -0.25) is 19.7 Å². The van der Waals surface area contributed by atoms with Crippen molar-refractivity contribution in [2.45, 2.75) is 63.3 Å². The van der Waals surface area contributed by atoms with E-state index < -0.39 is 107 Å². The van der Waals surface area contributed by atoms with Gasteiger partial charge in [0.05, 0.1) is 12.1 Å². The number of nitrogens with one attached hydrogen (secondary N) is 3. The summed E-state index contributed by atoms with van der Waals surface area (Å²) in [5.74, 6) is -12.8. The summed E-state index contributed by atoms with van der Waals surface area (Å²) in [7, 11) is 0. The molecule has 1 saturated heterocycles. The van der Waals surface area contributed by atoms with E-state index >= 15 is 0 Å². The number of benzene rings is 1. The Kier molecular flexibility index (Phi) is 10.9. The molecular formula is C30H31F4N5O7. The normalized spacial score (nSPS) is 25.9. The SMILES string of the molecule is C[C@H]1OC(=O)C(Cc2ccccc2)NC(O)[C@H](C)[C@H](O)[C@H](Cc2c(F)nc(F)c(F)c2F)NC(=O)[C@H]1NC(=O)c1ncccc1O. The zero-order valence-corrected chi connectivity index (χ0v) is 24.5. The van der Waals surface area contributed by atoms with Gasteiger partial charge in [0.2, 0.25) is 17.7 Å². The van der Waals surface area contributed by atoms with Crippen LogP contribution in [0.4, 0.5) is 17.6 Å². The number of rotatable bonds is 6. The molecule has 0 bridgehead atoms. The lowest BCUT2D eigenvalue weighted by molar-refractivity contribution is -0.156. The third kappa shape index (κ3) is 7.75. The van der Waals surface area contributed by atoms with E-state index in [4.69, 9.17) is 4.74 Å². The first-order valence-electron chi connectivity index (χ1n) is 14.1. The zero-order valence-electron chi connectivity index (χ0n) is 24.5.